The highest BCUT2D eigenvalue weighted by atomic mass is 32.1. The maximum absolute atomic E-state index is 12.4. The number of carbonyl (C=O) groups excluding carboxylic acids is 1. The summed E-state index contributed by atoms with van der Waals surface area (Å²) in [7, 11) is 0. The van der Waals surface area contributed by atoms with Gasteiger partial charge in [-0.25, -0.2) is 9.78 Å². The van der Waals surface area contributed by atoms with Crippen LogP contribution in [0, 0.1) is 5.92 Å². The van der Waals surface area contributed by atoms with Gasteiger partial charge in [0.05, 0.1) is 0 Å². The Bertz CT molecular complexity index is 632. The van der Waals surface area contributed by atoms with Crippen LogP contribution in [0.15, 0.2) is 41.9 Å². The molecule has 0 saturated carbocycles. The molecular formula is C18H24N4OS. The number of anilines is 1. The first-order chi connectivity index (χ1) is 11.7. The van der Waals surface area contributed by atoms with Crippen molar-refractivity contribution in [3.63, 3.8) is 0 Å². The van der Waals surface area contributed by atoms with E-state index in [9.17, 15) is 4.79 Å². The smallest absolute Gasteiger partial charge is 0.323 e. The van der Waals surface area contributed by atoms with Gasteiger partial charge in [0.2, 0.25) is 0 Å². The fourth-order valence-corrected chi connectivity index (χ4v) is 3.69. The summed E-state index contributed by atoms with van der Waals surface area (Å²) in [5, 5.41) is 5.41. The topological polar surface area (TPSA) is 48.5 Å². The number of nitrogens with one attached hydrogen (secondary N) is 1. The van der Waals surface area contributed by atoms with Crippen molar-refractivity contribution in [3.8, 4) is 0 Å². The Kier molecular flexibility index (Phi) is 5.82. The number of thiazole rings is 1. The van der Waals surface area contributed by atoms with Gasteiger partial charge in [-0.3, -0.25) is 10.2 Å². The molecule has 1 saturated heterocycles. The maximum atomic E-state index is 12.4. The normalized spacial score (nSPS) is 17.8. The third-order valence-corrected chi connectivity index (χ3v) is 5.10. The Morgan fingerprint density at radius 3 is 2.96 bits per heavy atom. The summed E-state index contributed by atoms with van der Waals surface area (Å²) in [6, 6.07) is 10.5. The van der Waals surface area contributed by atoms with E-state index in [2.05, 4.69) is 45.5 Å². The number of carbonyl (C=O) groups is 1. The van der Waals surface area contributed by atoms with E-state index >= 15 is 0 Å². The first kappa shape index (κ1) is 16.9. The van der Waals surface area contributed by atoms with Crippen molar-refractivity contribution in [2.75, 3.05) is 31.5 Å². The Morgan fingerprint density at radius 1 is 1.42 bits per heavy atom. The SMILES string of the molecule is CCN(C[C@@H]1CCN(Cc2ccccc2)C1)C(=O)Nc1nccs1. The van der Waals surface area contributed by atoms with Crippen molar-refractivity contribution in [3.05, 3.63) is 47.5 Å². The third-order valence-electron chi connectivity index (χ3n) is 4.41. The van der Waals surface area contributed by atoms with E-state index in [-0.39, 0.29) is 6.03 Å². The molecule has 0 spiro atoms. The molecule has 24 heavy (non-hydrogen) atoms. The largest absolute Gasteiger partial charge is 0.324 e. The van der Waals surface area contributed by atoms with E-state index < -0.39 is 0 Å². The molecule has 2 aromatic rings. The van der Waals surface area contributed by atoms with Crippen molar-refractivity contribution < 1.29 is 4.79 Å². The number of rotatable bonds is 6. The molecule has 3 rings (SSSR count). The average molecular weight is 344 g/mol. The number of likely N-dealkylation sites (tertiary alicyclic amines) is 1. The zero-order chi connectivity index (χ0) is 16.8. The van der Waals surface area contributed by atoms with Crippen LogP contribution in [0.4, 0.5) is 9.93 Å². The molecule has 2 heterocycles. The third kappa shape index (κ3) is 4.55. The summed E-state index contributed by atoms with van der Waals surface area (Å²) < 4.78 is 0. The summed E-state index contributed by atoms with van der Waals surface area (Å²) in [4.78, 5) is 20.9. The van der Waals surface area contributed by atoms with E-state index in [0.29, 0.717) is 17.6 Å². The zero-order valence-electron chi connectivity index (χ0n) is 14.0. The highest BCUT2D eigenvalue weighted by Gasteiger charge is 2.26. The molecule has 2 amide bonds. The molecular weight excluding hydrogens is 320 g/mol. The second kappa shape index (κ2) is 8.26. The van der Waals surface area contributed by atoms with Gasteiger partial charge in [-0.2, -0.15) is 0 Å². The number of hydrogen-bond acceptors (Lipinski definition) is 4. The van der Waals surface area contributed by atoms with Crippen LogP contribution in [-0.4, -0.2) is 47.0 Å². The molecule has 1 aromatic heterocycles. The monoisotopic (exact) mass is 344 g/mol. The Balaban J connectivity index is 1.49. The van der Waals surface area contributed by atoms with Gasteiger partial charge in [-0.1, -0.05) is 30.3 Å². The lowest BCUT2D eigenvalue weighted by Gasteiger charge is -2.24. The van der Waals surface area contributed by atoms with Gasteiger partial charge in [-0.15, -0.1) is 11.3 Å². The van der Waals surface area contributed by atoms with Gasteiger partial charge in [-0.05, 0) is 31.4 Å². The summed E-state index contributed by atoms with van der Waals surface area (Å²) in [5.74, 6) is 0.538. The van der Waals surface area contributed by atoms with Crippen LogP contribution in [0.25, 0.3) is 0 Å². The van der Waals surface area contributed by atoms with Crippen LogP contribution in [0.3, 0.4) is 0 Å². The van der Waals surface area contributed by atoms with E-state index in [1.54, 1.807) is 6.20 Å². The van der Waals surface area contributed by atoms with Crippen LogP contribution in [0.2, 0.25) is 0 Å². The summed E-state index contributed by atoms with van der Waals surface area (Å²) in [6.07, 6.45) is 2.85. The predicted molar refractivity (Wildman–Crippen MR) is 98.2 cm³/mol. The minimum absolute atomic E-state index is 0.0473. The van der Waals surface area contributed by atoms with E-state index in [1.807, 2.05) is 17.2 Å². The number of urea groups is 1. The van der Waals surface area contributed by atoms with Crippen molar-refractivity contribution in [1.29, 1.82) is 0 Å². The summed E-state index contributed by atoms with van der Waals surface area (Å²) in [5.41, 5.74) is 1.35. The van der Waals surface area contributed by atoms with Gasteiger partial charge in [0.1, 0.15) is 0 Å². The predicted octanol–water partition coefficient (Wildman–Crippen LogP) is 3.52. The minimum Gasteiger partial charge on any atom is -0.324 e. The molecule has 1 aliphatic heterocycles. The van der Waals surface area contributed by atoms with Gasteiger partial charge in [0, 0.05) is 37.8 Å². The van der Waals surface area contributed by atoms with E-state index in [0.717, 1.165) is 32.6 Å². The highest BCUT2D eigenvalue weighted by Crippen LogP contribution is 2.20. The fourth-order valence-electron chi connectivity index (χ4n) is 3.17. The molecule has 0 radical (unpaired) electrons. The molecule has 0 unspecified atom stereocenters. The highest BCUT2D eigenvalue weighted by molar-refractivity contribution is 7.13. The molecule has 128 valence electrons. The summed E-state index contributed by atoms with van der Waals surface area (Å²) in [6.45, 7) is 6.69. The van der Waals surface area contributed by atoms with Crippen molar-refractivity contribution >= 4 is 22.5 Å². The minimum atomic E-state index is -0.0473. The lowest BCUT2D eigenvalue weighted by Crippen LogP contribution is -2.39. The fraction of sp³-hybridized carbons (Fsp3) is 0.444. The first-order valence-corrected chi connectivity index (χ1v) is 9.34. The molecule has 0 bridgehead atoms. The molecule has 1 aliphatic rings. The lowest BCUT2D eigenvalue weighted by atomic mass is 10.1. The van der Waals surface area contributed by atoms with Crippen LogP contribution >= 0.6 is 11.3 Å². The molecule has 1 N–H and O–H groups in total. The zero-order valence-corrected chi connectivity index (χ0v) is 14.8. The molecule has 1 aromatic carbocycles. The Labute approximate surface area is 147 Å². The second-order valence-corrected chi connectivity index (χ2v) is 7.08. The van der Waals surface area contributed by atoms with E-state index in [4.69, 9.17) is 0 Å². The van der Waals surface area contributed by atoms with Gasteiger partial charge in [0.15, 0.2) is 5.13 Å². The quantitative estimate of drug-likeness (QED) is 0.872. The van der Waals surface area contributed by atoms with Crippen LogP contribution in [0.1, 0.15) is 18.9 Å². The number of hydrogen-bond donors (Lipinski definition) is 1. The van der Waals surface area contributed by atoms with Crippen LogP contribution < -0.4 is 5.32 Å². The van der Waals surface area contributed by atoms with E-state index in [1.165, 1.54) is 16.9 Å². The molecule has 1 atom stereocenters. The molecule has 5 nitrogen and oxygen atoms in total. The summed E-state index contributed by atoms with van der Waals surface area (Å²) >= 11 is 1.45. The number of aromatic nitrogens is 1. The lowest BCUT2D eigenvalue weighted by molar-refractivity contribution is 0.203. The van der Waals surface area contributed by atoms with Crippen molar-refractivity contribution in [2.45, 2.75) is 19.9 Å². The number of nitrogens with zero attached hydrogens (tertiary/aromatic N) is 3. The maximum Gasteiger partial charge on any atom is 0.323 e. The molecule has 0 aliphatic carbocycles. The van der Waals surface area contributed by atoms with Crippen LogP contribution in [0.5, 0.6) is 0 Å². The molecule has 1 fully saturated rings. The Hall–Kier alpha value is -1.92. The number of amides is 2. The van der Waals surface area contributed by atoms with Gasteiger partial charge < -0.3 is 4.90 Å². The second-order valence-electron chi connectivity index (χ2n) is 6.18. The van der Waals surface area contributed by atoms with Crippen LogP contribution in [-0.2, 0) is 6.54 Å². The van der Waals surface area contributed by atoms with Crippen molar-refractivity contribution in [1.82, 2.24) is 14.8 Å². The molecule has 6 heteroatoms. The number of benzene rings is 1. The average Bonchev–Trinajstić information content (AvgIpc) is 3.25. The Morgan fingerprint density at radius 2 is 2.25 bits per heavy atom. The first-order valence-electron chi connectivity index (χ1n) is 8.46. The van der Waals surface area contributed by atoms with Gasteiger partial charge in [0.25, 0.3) is 0 Å². The van der Waals surface area contributed by atoms with Crippen molar-refractivity contribution in [2.24, 2.45) is 5.92 Å². The standard InChI is InChI=1S/C18H24N4OS/c1-2-22(18(23)20-17-19-9-11-24-17)14-16-8-10-21(13-16)12-15-6-4-3-5-7-15/h3-7,9,11,16H,2,8,10,12-14H2,1H3,(H,19,20,23)/t16-/m1/s1. The van der Waals surface area contributed by atoms with Gasteiger partial charge >= 0.3 is 6.03 Å².